The summed E-state index contributed by atoms with van der Waals surface area (Å²) < 4.78 is 5.63. The Bertz CT molecular complexity index is 918. The maximum absolute atomic E-state index is 12.5. The van der Waals surface area contributed by atoms with Crippen molar-refractivity contribution in [3.63, 3.8) is 0 Å². The summed E-state index contributed by atoms with van der Waals surface area (Å²) in [5.41, 5.74) is 1.17. The molecular formula is C19H16N2O4S2. The van der Waals surface area contributed by atoms with Gasteiger partial charge in [0.2, 0.25) is 5.91 Å². The average molecular weight is 400 g/mol. The van der Waals surface area contributed by atoms with E-state index >= 15 is 0 Å². The van der Waals surface area contributed by atoms with Crippen LogP contribution in [-0.2, 0) is 9.59 Å². The third-order valence-electron chi connectivity index (χ3n) is 3.83. The molecule has 1 fully saturated rings. The molecule has 1 aliphatic rings. The van der Waals surface area contributed by atoms with Gasteiger partial charge < -0.3 is 9.73 Å². The van der Waals surface area contributed by atoms with Gasteiger partial charge in [-0.25, -0.2) is 0 Å². The molecule has 6 nitrogen and oxygen atoms in total. The highest BCUT2D eigenvalue weighted by molar-refractivity contribution is 8.26. The van der Waals surface area contributed by atoms with Gasteiger partial charge in [0.1, 0.15) is 10.1 Å². The number of thiocarbonyl (C=S) groups is 1. The minimum atomic E-state index is -0.241. The molecule has 0 unspecified atom stereocenters. The van der Waals surface area contributed by atoms with Crippen molar-refractivity contribution in [3.05, 3.63) is 58.9 Å². The van der Waals surface area contributed by atoms with Crippen LogP contribution in [0.25, 0.3) is 6.08 Å². The molecule has 0 saturated carbocycles. The smallest absolute Gasteiger partial charge is 0.266 e. The lowest BCUT2D eigenvalue weighted by atomic mass is 10.1. The van der Waals surface area contributed by atoms with Crippen LogP contribution in [0.3, 0.4) is 0 Å². The average Bonchev–Trinajstić information content (AvgIpc) is 3.23. The lowest BCUT2D eigenvalue weighted by Gasteiger charge is -2.14. The summed E-state index contributed by atoms with van der Waals surface area (Å²) in [6.07, 6.45) is 3.27. The van der Waals surface area contributed by atoms with E-state index in [2.05, 4.69) is 5.32 Å². The topological polar surface area (TPSA) is 79.6 Å². The van der Waals surface area contributed by atoms with Crippen LogP contribution in [0.15, 0.2) is 52.0 Å². The fourth-order valence-electron chi connectivity index (χ4n) is 2.42. The Labute approximate surface area is 165 Å². The fraction of sp³-hybridized carbons (Fsp3) is 0.158. The number of rotatable bonds is 6. The number of hydrogen-bond acceptors (Lipinski definition) is 6. The molecule has 0 aliphatic carbocycles. The zero-order valence-electron chi connectivity index (χ0n) is 14.4. The number of carbonyl (C=O) groups is 3. The van der Waals surface area contributed by atoms with Crippen molar-refractivity contribution in [2.75, 3.05) is 11.9 Å². The first kappa shape index (κ1) is 19.1. The van der Waals surface area contributed by atoms with E-state index in [-0.39, 0.29) is 30.6 Å². The van der Waals surface area contributed by atoms with E-state index in [9.17, 15) is 14.4 Å². The van der Waals surface area contributed by atoms with Gasteiger partial charge in [0.25, 0.3) is 5.91 Å². The van der Waals surface area contributed by atoms with Crippen molar-refractivity contribution < 1.29 is 18.8 Å². The number of nitrogens with zero attached hydrogens (tertiary/aromatic N) is 1. The number of nitrogens with one attached hydrogen (secondary N) is 1. The van der Waals surface area contributed by atoms with Crippen molar-refractivity contribution >= 4 is 57.7 Å². The second-order valence-corrected chi connectivity index (χ2v) is 7.46. The standard InChI is InChI=1S/C19H16N2O4S2/c1-12(22)13-4-6-14(7-5-13)20-17(23)8-9-21-18(24)16(27-19(21)26)11-15-3-2-10-25-15/h2-7,10-11H,8-9H2,1H3,(H,20,23)/b16-11-. The number of furan rings is 1. The highest BCUT2D eigenvalue weighted by atomic mass is 32.2. The summed E-state index contributed by atoms with van der Waals surface area (Å²) in [5.74, 6) is 0.0572. The Morgan fingerprint density at radius 3 is 2.63 bits per heavy atom. The van der Waals surface area contributed by atoms with Crippen LogP contribution in [0.2, 0.25) is 0 Å². The SMILES string of the molecule is CC(=O)c1ccc(NC(=O)CCN2C(=O)/C(=C/c3ccco3)SC2=S)cc1. The molecule has 1 saturated heterocycles. The van der Waals surface area contributed by atoms with E-state index in [0.717, 1.165) is 0 Å². The van der Waals surface area contributed by atoms with Crippen LogP contribution < -0.4 is 5.32 Å². The molecule has 0 spiro atoms. The van der Waals surface area contributed by atoms with Crippen LogP contribution >= 0.6 is 24.0 Å². The van der Waals surface area contributed by atoms with Gasteiger partial charge in [0.05, 0.1) is 11.2 Å². The summed E-state index contributed by atoms with van der Waals surface area (Å²) in [6, 6.07) is 10.1. The Balaban J connectivity index is 1.56. The van der Waals surface area contributed by atoms with Crippen molar-refractivity contribution in [3.8, 4) is 0 Å². The van der Waals surface area contributed by atoms with E-state index in [0.29, 0.717) is 26.2 Å². The highest BCUT2D eigenvalue weighted by Gasteiger charge is 2.32. The molecule has 1 aliphatic heterocycles. The predicted molar refractivity (Wildman–Crippen MR) is 108 cm³/mol. The minimum Gasteiger partial charge on any atom is -0.465 e. The second kappa shape index (κ2) is 8.32. The van der Waals surface area contributed by atoms with E-state index < -0.39 is 0 Å². The maximum Gasteiger partial charge on any atom is 0.266 e. The van der Waals surface area contributed by atoms with Crippen LogP contribution in [0, 0.1) is 0 Å². The Morgan fingerprint density at radius 1 is 1.26 bits per heavy atom. The molecule has 0 radical (unpaired) electrons. The molecule has 3 rings (SSSR count). The molecule has 1 N–H and O–H groups in total. The van der Waals surface area contributed by atoms with E-state index in [4.69, 9.17) is 16.6 Å². The molecule has 138 valence electrons. The summed E-state index contributed by atoms with van der Waals surface area (Å²) in [7, 11) is 0. The third kappa shape index (κ3) is 4.72. The van der Waals surface area contributed by atoms with Crippen LogP contribution in [0.5, 0.6) is 0 Å². The molecular weight excluding hydrogens is 384 g/mol. The van der Waals surface area contributed by atoms with E-state index in [1.807, 2.05) is 0 Å². The fourth-order valence-corrected chi connectivity index (χ4v) is 3.71. The summed E-state index contributed by atoms with van der Waals surface area (Å²) in [6.45, 7) is 1.67. The summed E-state index contributed by atoms with van der Waals surface area (Å²) in [5, 5.41) is 2.74. The molecule has 0 bridgehead atoms. The Kier molecular flexibility index (Phi) is 5.88. The number of anilines is 1. The van der Waals surface area contributed by atoms with Crippen LogP contribution in [-0.4, -0.2) is 33.4 Å². The molecule has 0 atom stereocenters. The monoisotopic (exact) mass is 400 g/mol. The predicted octanol–water partition coefficient (Wildman–Crippen LogP) is 3.71. The first-order valence-corrected chi connectivity index (χ1v) is 9.36. The van der Waals surface area contributed by atoms with Crippen LogP contribution in [0.1, 0.15) is 29.5 Å². The number of ketones is 1. The van der Waals surface area contributed by atoms with Gasteiger partial charge in [-0.1, -0.05) is 24.0 Å². The van der Waals surface area contributed by atoms with Crippen molar-refractivity contribution in [2.24, 2.45) is 0 Å². The lowest BCUT2D eigenvalue weighted by molar-refractivity contribution is -0.122. The van der Waals surface area contributed by atoms with Crippen molar-refractivity contribution in [1.29, 1.82) is 0 Å². The van der Waals surface area contributed by atoms with Gasteiger partial charge in [-0.3, -0.25) is 19.3 Å². The number of hydrogen-bond donors (Lipinski definition) is 1. The van der Waals surface area contributed by atoms with Crippen LogP contribution in [0.4, 0.5) is 5.69 Å². The quantitative estimate of drug-likeness (QED) is 0.452. The first-order chi connectivity index (χ1) is 12.9. The van der Waals surface area contributed by atoms with Gasteiger partial charge >= 0.3 is 0 Å². The molecule has 2 aromatic rings. The molecule has 2 amide bonds. The van der Waals surface area contributed by atoms with E-state index in [1.54, 1.807) is 42.5 Å². The van der Waals surface area contributed by atoms with Gasteiger partial charge in [-0.2, -0.15) is 0 Å². The Hall–Kier alpha value is -2.71. The molecule has 1 aromatic heterocycles. The van der Waals surface area contributed by atoms with Gasteiger partial charge in [-0.15, -0.1) is 0 Å². The summed E-state index contributed by atoms with van der Waals surface area (Å²) >= 11 is 6.43. The molecule has 1 aromatic carbocycles. The molecule has 27 heavy (non-hydrogen) atoms. The highest BCUT2D eigenvalue weighted by Crippen LogP contribution is 2.32. The number of carbonyl (C=O) groups excluding carboxylic acids is 3. The first-order valence-electron chi connectivity index (χ1n) is 8.14. The largest absolute Gasteiger partial charge is 0.465 e. The zero-order chi connectivity index (χ0) is 19.4. The number of Topliss-reactive ketones (excluding diaryl/α,β-unsaturated/α-hetero) is 1. The van der Waals surface area contributed by atoms with Gasteiger partial charge in [0.15, 0.2) is 5.78 Å². The van der Waals surface area contributed by atoms with Crippen molar-refractivity contribution in [1.82, 2.24) is 4.90 Å². The maximum atomic E-state index is 12.5. The van der Waals surface area contributed by atoms with Crippen molar-refractivity contribution in [2.45, 2.75) is 13.3 Å². The molecule has 2 heterocycles. The van der Waals surface area contributed by atoms with Gasteiger partial charge in [0, 0.05) is 30.3 Å². The number of thioether (sulfide) groups is 1. The van der Waals surface area contributed by atoms with Gasteiger partial charge in [-0.05, 0) is 43.3 Å². The minimum absolute atomic E-state index is 0.0372. The third-order valence-corrected chi connectivity index (χ3v) is 5.21. The Morgan fingerprint density at radius 2 is 2.00 bits per heavy atom. The number of benzene rings is 1. The van der Waals surface area contributed by atoms with E-state index in [1.165, 1.54) is 29.8 Å². The molecule has 8 heteroatoms. The summed E-state index contributed by atoms with van der Waals surface area (Å²) in [4.78, 5) is 37.7. The normalized spacial score (nSPS) is 15.4. The second-order valence-electron chi connectivity index (χ2n) is 5.78. The lowest BCUT2D eigenvalue weighted by Crippen LogP contribution is -2.31. The zero-order valence-corrected chi connectivity index (χ0v) is 16.1. The number of amides is 2.